The first-order valence-electron chi connectivity index (χ1n) is 22.7. The van der Waals surface area contributed by atoms with Gasteiger partial charge in [-0.25, -0.2) is 0 Å². The van der Waals surface area contributed by atoms with Gasteiger partial charge >= 0.3 is 5.97 Å². The summed E-state index contributed by atoms with van der Waals surface area (Å²) in [6.45, 7) is 11.8. The Morgan fingerprint density at radius 1 is 0.327 bits per heavy atom. The highest BCUT2D eigenvalue weighted by Crippen LogP contribution is 2.32. The van der Waals surface area contributed by atoms with Crippen LogP contribution in [0.25, 0.3) is 0 Å². The minimum absolute atomic E-state index is 0.142. The van der Waals surface area contributed by atoms with Crippen molar-refractivity contribution in [2.45, 2.75) is 265 Å². The lowest BCUT2D eigenvalue weighted by atomic mass is 9.88. The highest BCUT2D eigenvalue weighted by molar-refractivity contribution is 4.79. The van der Waals surface area contributed by atoms with E-state index in [1.807, 2.05) is 20.8 Å². The third kappa shape index (κ3) is 30.0. The Hall–Kier alpha value is -0.160. The van der Waals surface area contributed by atoms with E-state index in [1.165, 1.54) is 205 Å². The first kappa shape index (κ1) is 48.8. The predicted octanol–water partition coefficient (Wildman–Crippen LogP) is 15.0. The monoisotopic (exact) mass is 697 g/mol. The van der Waals surface area contributed by atoms with Crippen LogP contribution in [0.5, 0.6) is 0 Å². The number of rotatable bonds is 42. The Morgan fingerprint density at radius 3 is 0.735 bits per heavy atom. The lowest BCUT2D eigenvalue weighted by molar-refractivity contribution is -0.416. The number of unbranched alkanes of at least 4 members (excludes halogenated alkanes) is 30. The standard InChI is InChI=1S/C45H92O4/c1-6-11-13-15-17-19-21-23-25-27-29-31-33-35-37-39-41-43(44(46)45(47-8-3,48-9-4)49-10-5)42-40-38-36-34-32-30-28-26-24-22-20-18-16-14-12-7-2/h43-44,46H,6-42H2,1-5H3. The van der Waals surface area contributed by atoms with E-state index in [1.54, 1.807) is 0 Å². The van der Waals surface area contributed by atoms with E-state index in [-0.39, 0.29) is 5.92 Å². The smallest absolute Gasteiger partial charge is 0.310 e. The molecule has 0 bridgehead atoms. The van der Waals surface area contributed by atoms with Gasteiger partial charge in [0.1, 0.15) is 6.10 Å². The summed E-state index contributed by atoms with van der Waals surface area (Å²) in [5.41, 5.74) is 0. The van der Waals surface area contributed by atoms with Gasteiger partial charge in [-0.15, -0.1) is 0 Å². The molecule has 0 aromatic carbocycles. The zero-order chi connectivity index (χ0) is 35.9. The number of aliphatic hydroxyl groups is 1. The Kier molecular flexibility index (Phi) is 38.9. The van der Waals surface area contributed by atoms with Gasteiger partial charge in [0.2, 0.25) is 0 Å². The molecule has 0 radical (unpaired) electrons. The van der Waals surface area contributed by atoms with E-state index in [0.717, 1.165) is 12.8 Å². The van der Waals surface area contributed by atoms with Crippen molar-refractivity contribution in [2.24, 2.45) is 5.92 Å². The molecule has 296 valence electrons. The second kappa shape index (κ2) is 39.1. The lowest BCUT2D eigenvalue weighted by Crippen LogP contribution is -2.53. The molecule has 0 aromatic heterocycles. The quantitative estimate of drug-likeness (QED) is 0.0510. The molecule has 4 nitrogen and oxygen atoms in total. The predicted molar refractivity (Wildman–Crippen MR) is 215 cm³/mol. The molecule has 1 atom stereocenters. The molecule has 1 N–H and O–H groups in total. The van der Waals surface area contributed by atoms with Crippen molar-refractivity contribution in [3.63, 3.8) is 0 Å². The van der Waals surface area contributed by atoms with Gasteiger partial charge in [0.05, 0.1) is 0 Å². The third-order valence-electron chi connectivity index (χ3n) is 10.7. The van der Waals surface area contributed by atoms with Crippen LogP contribution in [0.15, 0.2) is 0 Å². The summed E-state index contributed by atoms with van der Waals surface area (Å²) in [5, 5.41) is 11.7. The molecule has 0 fully saturated rings. The van der Waals surface area contributed by atoms with Crippen molar-refractivity contribution in [1.29, 1.82) is 0 Å². The molecule has 0 aliphatic rings. The van der Waals surface area contributed by atoms with E-state index in [9.17, 15) is 5.11 Å². The van der Waals surface area contributed by atoms with Crippen molar-refractivity contribution in [3.05, 3.63) is 0 Å². The van der Waals surface area contributed by atoms with E-state index >= 15 is 0 Å². The average molecular weight is 697 g/mol. The van der Waals surface area contributed by atoms with Crippen LogP contribution in [0.4, 0.5) is 0 Å². The minimum atomic E-state index is -1.34. The zero-order valence-corrected chi connectivity index (χ0v) is 34.5. The topological polar surface area (TPSA) is 47.9 Å². The van der Waals surface area contributed by atoms with Crippen LogP contribution >= 0.6 is 0 Å². The highest BCUT2D eigenvalue weighted by atomic mass is 16.9. The van der Waals surface area contributed by atoms with Crippen LogP contribution in [0.1, 0.15) is 253 Å². The Morgan fingerprint density at radius 2 is 0.531 bits per heavy atom. The summed E-state index contributed by atoms with van der Waals surface area (Å²) in [4.78, 5) is 0. The fourth-order valence-corrected chi connectivity index (χ4v) is 7.64. The van der Waals surface area contributed by atoms with Gasteiger partial charge in [-0.1, -0.05) is 219 Å². The average Bonchev–Trinajstić information content (AvgIpc) is 3.10. The maximum atomic E-state index is 11.7. The fraction of sp³-hybridized carbons (Fsp3) is 1.00. The SMILES string of the molecule is CCCCCCCCCCCCCCCCCCC(CCCCCCCCCCCCCCCCCC)C(O)C(OCC)(OCC)OCC. The maximum Gasteiger partial charge on any atom is 0.310 e. The normalized spacial score (nSPS) is 12.8. The van der Waals surface area contributed by atoms with Gasteiger partial charge in [-0.2, -0.15) is 0 Å². The molecule has 0 spiro atoms. The number of aliphatic hydroxyl groups excluding tert-OH is 1. The second-order valence-electron chi connectivity index (χ2n) is 15.3. The number of hydrogen-bond acceptors (Lipinski definition) is 4. The highest BCUT2D eigenvalue weighted by Gasteiger charge is 2.45. The molecule has 49 heavy (non-hydrogen) atoms. The van der Waals surface area contributed by atoms with Crippen molar-refractivity contribution < 1.29 is 19.3 Å². The van der Waals surface area contributed by atoms with Gasteiger partial charge in [-0.05, 0) is 39.5 Å². The fourth-order valence-electron chi connectivity index (χ4n) is 7.64. The van der Waals surface area contributed by atoms with Crippen molar-refractivity contribution in [3.8, 4) is 0 Å². The molecule has 0 saturated heterocycles. The van der Waals surface area contributed by atoms with E-state index in [4.69, 9.17) is 14.2 Å². The molecule has 0 amide bonds. The molecule has 0 aliphatic carbocycles. The van der Waals surface area contributed by atoms with Crippen LogP contribution in [0, 0.1) is 5.92 Å². The molecular weight excluding hydrogens is 604 g/mol. The van der Waals surface area contributed by atoms with E-state index in [2.05, 4.69) is 13.8 Å². The molecule has 1 unspecified atom stereocenters. The van der Waals surface area contributed by atoms with Crippen LogP contribution in [-0.2, 0) is 14.2 Å². The molecule has 0 heterocycles. The molecule has 0 rings (SSSR count). The summed E-state index contributed by atoms with van der Waals surface area (Å²) in [7, 11) is 0. The van der Waals surface area contributed by atoms with Gasteiger partial charge in [0, 0.05) is 19.8 Å². The molecule has 0 aliphatic heterocycles. The molecule has 0 saturated carbocycles. The van der Waals surface area contributed by atoms with Crippen LogP contribution in [0.2, 0.25) is 0 Å². The first-order valence-corrected chi connectivity index (χ1v) is 22.7. The van der Waals surface area contributed by atoms with Gasteiger partial charge in [0.25, 0.3) is 0 Å². The van der Waals surface area contributed by atoms with E-state index in [0.29, 0.717) is 19.8 Å². The molecule has 0 aromatic rings. The minimum Gasteiger partial charge on any atom is -0.384 e. The molecule has 4 heteroatoms. The Balaban J connectivity index is 4.30. The van der Waals surface area contributed by atoms with Crippen LogP contribution < -0.4 is 0 Å². The summed E-state index contributed by atoms with van der Waals surface area (Å²) in [6.07, 6.45) is 45.5. The Bertz CT molecular complexity index is 558. The lowest BCUT2D eigenvalue weighted by Gasteiger charge is -2.39. The first-order chi connectivity index (χ1) is 24.1. The van der Waals surface area contributed by atoms with Crippen molar-refractivity contribution >= 4 is 0 Å². The zero-order valence-electron chi connectivity index (χ0n) is 34.5. The summed E-state index contributed by atoms with van der Waals surface area (Å²) < 4.78 is 18.1. The van der Waals surface area contributed by atoms with Crippen molar-refractivity contribution in [1.82, 2.24) is 0 Å². The van der Waals surface area contributed by atoms with Gasteiger partial charge < -0.3 is 19.3 Å². The summed E-state index contributed by atoms with van der Waals surface area (Å²) >= 11 is 0. The Labute approximate surface area is 309 Å². The molecular formula is C45H92O4. The second-order valence-corrected chi connectivity index (χ2v) is 15.3. The van der Waals surface area contributed by atoms with E-state index < -0.39 is 12.1 Å². The van der Waals surface area contributed by atoms with Crippen LogP contribution in [-0.4, -0.2) is 37.0 Å². The summed E-state index contributed by atoms with van der Waals surface area (Å²) in [5.74, 6) is -1.20. The van der Waals surface area contributed by atoms with Crippen molar-refractivity contribution in [2.75, 3.05) is 19.8 Å². The summed E-state index contributed by atoms with van der Waals surface area (Å²) in [6, 6.07) is 0. The third-order valence-corrected chi connectivity index (χ3v) is 10.7. The van der Waals surface area contributed by atoms with Gasteiger partial charge in [0.15, 0.2) is 0 Å². The van der Waals surface area contributed by atoms with Crippen LogP contribution in [0.3, 0.4) is 0 Å². The number of ether oxygens (including phenoxy) is 3. The van der Waals surface area contributed by atoms with Gasteiger partial charge in [-0.3, -0.25) is 0 Å². The maximum absolute atomic E-state index is 11.7. The number of hydrogen-bond donors (Lipinski definition) is 1. The largest absolute Gasteiger partial charge is 0.384 e.